The molecule has 3 heterocycles. The molecule has 0 N–H and O–H groups in total. The van der Waals surface area contributed by atoms with Crippen LogP contribution in [0.4, 0.5) is 0 Å². The maximum Gasteiger partial charge on any atom is 0.172 e. The largest absolute Gasteiger partial charge is 0.497 e. The Morgan fingerprint density at radius 3 is 2.75 bits per heavy atom. The topological polar surface area (TPSA) is 44.4 Å². The van der Waals surface area contributed by atoms with Crippen molar-refractivity contribution in [1.29, 1.82) is 0 Å². The monoisotopic (exact) mass is 336 g/mol. The molecule has 0 saturated heterocycles. The zero-order valence-corrected chi connectivity index (χ0v) is 14.0. The number of imidazole rings is 2. The summed E-state index contributed by atoms with van der Waals surface area (Å²) in [5, 5.41) is 0.942. The van der Waals surface area contributed by atoms with Crippen LogP contribution >= 0.6 is 11.8 Å². The number of thioether (sulfide) groups is 1. The molecule has 4 rings (SSSR count). The molecule has 0 aliphatic rings. The summed E-state index contributed by atoms with van der Waals surface area (Å²) in [6, 6.07) is 14.0. The number of methoxy groups -OCH3 is 1. The quantitative estimate of drug-likeness (QED) is 0.520. The van der Waals surface area contributed by atoms with Gasteiger partial charge in [0, 0.05) is 36.2 Å². The van der Waals surface area contributed by atoms with E-state index < -0.39 is 0 Å². The highest BCUT2D eigenvalue weighted by Gasteiger charge is 2.08. The van der Waals surface area contributed by atoms with Crippen LogP contribution in [-0.4, -0.2) is 26.0 Å². The maximum absolute atomic E-state index is 5.21. The Balaban J connectivity index is 1.53. The van der Waals surface area contributed by atoms with Gasteiger partial charge < -0.3 is 9.14 Å². The number of nitrogens with zero attached hydrogens (tertiary/aromatic N) is 4. The van der Waals surface area contributed by atoms with Crippen molar-refractivity contribution in [3.8, 4) is 11.4 Å². The number of ether oxygens (including phenoxy) is 1. The molecule has 5 nitrogen and oxygen atoms in total. The maximum atomic E-state index is 5.21. The van der Waals surface area contributed by atoms with E-state index in [0.29, 0.717) is 0 Å². The highest BCUT2D eigenvalue weighted by molar-refractivity contribution is 7.98. The van der Waals surface area contributed by atoms with E-state index in [1.54, 1.807) is 18.9 Å². The molecule has 0 aliphatic heterocycles. The predicted octanol–water partition coefficient (Wildman–Crippen LogP) is 3.82. The van der Waals surface area contributed by atoms with Crippen LogP contribution in [0.1, 0.15) is 5.69 Å². The molecule has 0 fully saturated rings. The second-order valence-corrected chi connectivity index (χ2v) is 6.21. The van der Waals surface area contributed by atoms with Gasteiger partial charge in [-0.15, -0.1) is 0 Å². The van der Waals surface area contributed by atoms with Gasteiger partial charge in [-0.25, -0.2) is 9.97 Å². The summed E-state index contributed by atoms with van der Waals surface area (Å²) in [5.74, 6) is 1.62. The van der Waals surface area contributed by atoms with Crippen molar-refractivity contribution in [1.82, 2.24) is 18.9 Å². The summed E-state index contributed by atoms with van der Waals surface area (Å²) in [6.07, 6.45) is 7.85. The molecule has 0 radical (unpaired) electrons. The standard InChI is InChI=1S/C18H16N4OS/c1-23-16-7-5-15(6-8-16)22-11-9-19-18(22)24-13-14-12-21-10-3-2-4-17(21)20-14/h2-12H,13H2,1H3. The van der Waals surface area contributed by atoms with E-state index in [0.717, 1.165) is 33.7 Å². The fourth-order valence-electron chi connectivity index (χ4n) is 2.53. The van der Waals surface area contributed by atoms with E-state index in [-0.39, 0.29) is 0 Å². The minimum absolute atomic E-state index is 0.773. The normalized spacial score (nSPS) is 11.0. The lowest BCUT2D eigenvalue weighted by Crippen LogP contribution is -1.95. The van der Waals surface area contributed by atoms with Crippen molar-refractivity contribution in [3.05, 3.63) is 72.9 Å². The third kappa shape index (κ3) is 2.88. The highest BCUT2D eigenvalue weighted by atomic mass is 32.2. The lowest BCUT2D eigenvalue weighted by molar-refractivity contribution is 0.414. The Bertz CT molecular complexity index is 925. The van der Waals surface area contributed by atoms with Crippen LogP contribution < -0.4 is 4.74 Å². The zero-order chi connectivity index (χ0) is 16.4. The van der Waals surface area contributed by atoms with Gasteiger partial charge in [0.25, 0.3) is 0 Å². The molecule has 3 aromatic heterocycles. The molecule has 24 heavy (non-hydrogen) atoms. The van der Waals surface area contributed by atoms with Crippen LogP contribution in [0.15, 0.2) is 72.4 Å². The fourth-order valence-corrected chi connectivity index (χ4v) is 3.39. The minimum Gasteiger partial charge on any atom is -0.497 e. The van der Waals surface area contributed by atoms with Crippen LogP contribution in [0.25, 0.3) is 11.3 Å². The first-order valence-corrected chi connectivity index (χ1v) is 8.55. The SMILES string of the molecule is COc1ccc(-n2ccnc2SCc2cn3ccccc3n2)cc1. The summed E-state index contributed by atoms with van der Waals surface area (Å²) in [5.41, 5.74) is 3.06. The molecule has 1 aromatic carbocycles. The molecule has 0 atom stereocenters. The number of aromatic nitrogens is 4. The third-order valence-corrected chi connectivity index (χ3v) is 4.72. The number of hydrogen-bond donors (Lipinski definition) is 0. The molecular weight excluding hydrogens is 320 g/mol. The van der Waals surface area contributed by atoms with Crippen molar-refractivity contribution in [2.45, 2.75) is 10.9 Å². The van der Waals surface area contributed by atoms with Gasteiger partial charge >= 0.3 is 0 Å². The van der Waals surface area contributed by atoms with Crippen molar-refractivity contribution in [2.24, 2.45) is 0 Å². The van der Waals surface area contributed by atoms with Gasteiger partial charge in [0.2, 0.25) is 0 Å². The zero-order valence-electron chi connectivity index (χ0n) is 13.2. The number of pyridine rings is 1. The minimum atomic E-state index is 0.773. The predicted molar refractivity (Wildman–Crippen MR) is 94.9 cm³/mol. The van der Waals surface area contributed by atoms with Gasteiger partial charge in [0.1, 0.15) is 11.4 Å². The van der Waals surface area contributed by atoms with Gasteiger partial charge in [-0.1, -0.05) is 17.8 Å². The van der Waals surface area contributed by atoms with Gasteiger partial charge in [-0.05, 0) is 36.4 Å². The number of rotatable bonds is 5. The van der Waals surface area contributed by atoms with Crippen molar-refractivity contribution >= 4 is 17.4 Å². The average Bonchev–Trinajstić information content (AvgIpc) is 3.26. The van der Waals surface area contributed by atoms with Crippen molar-refractivity contribution in [3.63, 3.8) is 0 Å². The lowest BCUT2D eigenvalue weighted by Gasteiger charge is -2.07. The molecule has 4 aromatic rings. The summed E-state index contributed by atoms with van der Waals surface area (Å²) in [4.78, 5) is 9.09. The van der Waals surface area contributed by atoms with Crippen LogP contribution in [-0.2, 0) is 5.75 Å². The van der Waals surface area contributed by atoms with Gasteiger partial charge in [-0.2, -0.15) is 0 Å². The number of benzene rings is 1. The molecule has 0 bridgehead atoms. The second kappa shape index (κ2) is 6.41. The lowest BCUT2D eigenvalue weighted by atomic mass is 10.3. The van der Waals surface area contributed by atoms with Crippen LogP contribution in [0.5, 0.6) is 5.75 Å². The summed E-state index contributed by atoms with van der Waals surface area (Å²) in [7, 11) is 1.67. The van der Waals surface area contributed by atoms with E-state index in [1.807, 2.05) is 65.5 Å². The first-order valence-electron chi connectivity index (χ1n) is 7.57. The van der Waals surface area contributed by atoms with Gasteiger partial charge in [-0.3, -0.25) is 4.57 Å². The smallest absolute Gasteiger partial charge is 0.172 e. The summed E-state index contributed by atoms with van der Waals surface area (Å²) in [6.45, 7) is 0. The summed E-state index contributed by atoms with van der Waals surface area (Å²) >= 11 is 1.67. The highest BCUT2D eigenvalue weighted by Crippen LogP contribution is 2.25. The second-order valence-electron chi connectivity index (χ2n) is 5.26. The van der Waals surface area contributed by atoms with Crippen LogP contribution in [0.3, 0.4) is 0 Å². The average molecular weight is 336 g/mol. The molecule has 0 saturated carbocycles. The van der Waals surface area contributed by atoms with E-state index in [4.69, 9.17) is 4.74 Å². The first kappa shape index (κ1) is 14.8. The molecule has 0 unspecified atom stereocenters. The molecular formula is C18H16N4OS. The molecule has 0 spiro atoms. The van der Waals surface area contributed by atoms with E-state index in [2.05, 4.69) is 20.7 Å². The van der Waals surface area contributed by atoms with E-state index >= 15 is 0 Å². The number of hydrogen-bond acceptors (Lipinski definition) is 4. The molecule has 0 amide bonds. The van der Waals surface area contributed by atoms with Crippen molar-refractivity contribution in [2.75, 3.05) is 7.11 Å². The molecule has 0 aliphatic carbocycles. The van der Waals surface area contributed by atoms with Gasteiger partial charge in [0.15, 0.2) is 5.16 Å². The van der Waals surface area contributed by atoms with E-state index in [1.165, 1.54) is 0 Å². The Hall–Kier alpha value is -2.73. The van der Waals surface area contributed by atoms with Crippen molar-refractivity contribution < 1.29 is 4.74 Å². The number of fused-ring (bicyclic) bond motifs is 1. The Morgan fingerprint density at radius 2 is 1.96 bits per heavy atom. The van der Waals surface area contributed by atoms with Gasteiger partial charge in [0.05, 0.1) is 12.8 Å². The Labute approximate surface area is 143 Å². The fraction of sp³-hybridized carbons (Fsp3) is 0.111. The van der Waals surface area contributed by atoms with E-state index in [9.17, 15) is 0 Å². The molecule has 120 valence electrons. The first-order chi connectivity index (χ1) is 11.8. The van der Waals surface area contributed by atoms with Crippen LogP contribution in [0.2, 0.25) is 0 Å². The van der Waals surface area contributed by atoms with Crippen LogP contribution in [0, 0.1) is 0 Å². The Morgan fingerprint density at radius 1 is 1.08 bits per heavy atom. The Kier molecular flexibility index (Phi) is 3.96. The third-order valence-electron chi connectivity index (χ3n) is 3.72. The molecule has 6 heteroatoms. The summed E-state index contributed by atoms with van der Waals surface area (Å²) < 4.78 is 9.31.